The fourth-order valence-electron chi connectivity index (χ4n) is 0.354. The molecule has 0 nitrogen and oxygen atoms in total. The van der Waals surface area contributed by atoms with Gasteiger partial charge in [-0.05, 0) is 0 Å². The van der Waals surface area contributed by atoms with Gasteiger partial charge in [-0.2, -0.15) is 0 Å². The van der Waals surface area contributed by atoms with Crippen molar-refractivity contribution in [3.8, 4) is 0 Å². The van der Waals surface area contributed by atoms with Gasteiger partial charge in [-0.3, -0.25) is 0 Å². The maximum absolute atomic E-state index is 3.25. The number of rotatable bonds is 2. The standard InChI is InChI=1S/C4H9.C2H5.Li/c1-3-4-2;1-2;/h1,3-4H2,2H3;1H2,2H3;. The predicted octanol–water partition coefficient (Wildman–Crippen LogP) is 2.21. The van der Waals surface area contributed by atoms with Crippen molar-refractivity contribution >= 4 is 17.7 Å². The van der Waals surface area contributed by atoms with Crippen LogP contribution in [-0.2, 0) is 0 Å². The van der Waals surface area contributed by atoms with E-state index in [1.165, 1.54) is 17.9 Å². The van der Waals surface area contributed by atoms with Crippen LogP contribution in [0.3, 0.4) is 0 Å². The molecule has 0 spiro atoms. The van der Waals surface area contributed by atoms with E-state index in [2.05, 4.69) is 31.6 Å². The van der Waals surface area contributed by atoms with Crippen molar-refractivity contribution in [3.05, 3.63) is 6.92 Å². The second-order valence-corrected chi connectivity index (χ2v) is 1.35. The van der Waals surface area contributed by atoms with Crippen LogP contribution in [0.15, 0.2) is 0 Å². The molecule has 7 heavy (non-hydrogen) atoms. The summed E-state index contributed by atoms with van der Waals surface area (Å²) in [5.41, 5.74) is 0. The van der Waals surface area contributed by atoms with Crippen LogP contribution in [0.5, 0.6) is 0 Å². The molecule has 0 saturated heterocycles. The third kappa shape index (κ3) is 20.7. The summed E-state index contributed by atoms with van der Waals surface area (Å²) in [6.07, 6.45) is 2.73. The van der Waals surface area contributed by atoms with Gasteiger partial charge in [-0.15, -0.1) is 0 Å². The average Bonchev–Trinajstić information content (AvgIpc) is 1.75. The van der Waals surface area contributed by atoms with E-state index < -0.39 is 0 Å². The normalized spacial score (nSPS) is 7.00. The molecule has 0 aliphatic heterocycles. The average molecular weight is 93.1 g/mol. The van der Waals surface area contributed by atoms with E-state index in [0.717, 1.165) is 0 Å². The Bertz CT molecular complexity index is 11.7. The summed E-state index contributed by atoms with van der Waals surface area (Å²) in [5, 5.41) is 1.34. The van der Waals surface area contributed by atoms with E-state index in [0.29, 0.717) is 0 Å². The molecule has 0 heterocycles. The molecule has 0 atom stereocenters. The molecule has 0 aromatic rings. The fraction of sp³-hybridized carbons (Fsp3) is 0.833. The van der Waals surface area contributed by atoms with Gasteiger partial charge in [0.05, 0.1) is 0 Å². The zero-order valence-electron chi connectivity index (χ0n) is 5.83. The van der Waals surface area contributed by atoms with Gasteiger partial charge in [-0.25, -0.2) is 0 Å². The summed E-state index contributed by atoms with van der Waals surface area (Å²) in [4.78, 5) is 0. The summed E-state index contributed by atoms with van der Waals surface area (Å²) in [6, 6.07) is 0. The number of unbranched alkanes of at least 4 members (excludes halogenated alkanes) is 1. The first-order valence-corrected chi connectivity index (χ1v) is 3.12. The molecule has 0 saturated carbocycles. The summed E-state index contributed by atoms with van der Waals surface area (Å²) in [7, 11) is 0. The van der Waals surface area contributed by atoms with Gasteiger partial charge in [0.1, 0.15) is 0 Å². The van der Waals surface area contributed by atoms with Gasteiger partial charge in [0.15, 0.2) is 0 Å². The van der Waals surface area contributed by atoms with E-state index >= 15 is 0 Å². The second-order valence-electron chi connectivity index (χ2n) is 1.35. The van der Waals surface area contributed by atoms with E-state index in [-0.39, 0.29) is 0 Å². The molecule has 0 N–H and O–H groups in total. The Morgan fingerprint density at radius 3 is 1.86 bits per heavy atom. The van der Waals surface area contributed by atoms with Crippen molar-refractivity contribution in [3.63, 3.8) is 0 Å². The molecule has 0 unspecified atom stereocenters. The van der Waals surface area contributed by atoms with Crippen molar-refractivity contribution < 1.29 is 0 Å². The molecule has 0 aliphatic rings. The summed E-state index contributed by atoms with van der Waals surface area (Å²) >= 11 is 2.21. The third-order valence-electron chi connectivity index (χ3n) is 0.707. The molecular formula is C6H14Li. The monoisotopic (exact) mass is 93.1 g/mol. The van der Waals surface area contributed by atoms with E-state index in [1.807, 2.05) is 0 Å². The van der Waals surface area contributed by atoms with Crippen LogP contribution >= 0.6 is 0 Å². The minimum absolute atomic E-state index is 1.34. The maximum atomic E-state index is 3.25. The van der Waals surface area contributed by atoms with Crippen LogP contribution in [0.4, 0.5) is 0 Å². The SMILES string of the molecule is [CH2]C.[Li][CH2]CCC. The van der Waals surface area contributed by atoms with Gasteiger partial charge in [0, 0.05) is 0 Å². The van der Waals surface area contributed by atoms with Gasteiger partial charge < -0.3 is 0 Å². The Morgan fingerprint density at radius 2 is 1.86 bits per heavy atom. The Morgan fingerprint density at radius 1 is 1.43 bits per heavy atom. The van der Waals surface area contributed by atoms with Crippen LogP contribution in [0, 0.1) is 6.92 Å². The molecule has 39 valence electrons. The molecule has 0 fully saturated rings. The van der Waals surface area contributed by atoms with Crippen molar-refractivity contribution in [1.29, 1.82) is 0 Å². The molecule has 0 amide bonds. The van der Waals surface area contributed by atoms with E-state index in [9.17, 15) is 0 Å². The van der Waals surface area contributed by atoms with Crippen molar-refractivity contribution in [2.75, 3.05) is 0 Å². The summed E-state index contributed by atoms with van der Waals surface area (Å²) in [6.45, 7) is 7.21. The number of hydrogen-bond donors (Lipinski definition) is 0. The summed E-state index contributed by atoms with van der Waals surface area (Å²) in [5.74, 6) is 0. The molecule has 0 aromatic carbocycles. The Balaban J connectivity index is 0. The van der Waals surface area contributed by atoms with Gasteiger partial charge in [0.25, 0.3) is 0 Å². The van der Waals surface area contributed by atoms with E-state index in [1.54, 1.807) is 6.92 Å². The fourth-order valence-corrected chi connectivity index (χ4v) is 0.354. The first kappa shape index (κ1) is 10.6. The molecule has 0 bridgehead atoms. The van der Waals surface area contributed by atoms with Crippen molar-refractivity contribution in [2.45, 2.75) is 31.8 Å². The number of hydrogen-bond acceptors (Lipinski definition) is 0. The predicted molar refractivity (Wildman–Crippen MR) is 36.5 cm³/mol. The quantitative estimate of drug-likeness (QED) is 0.459. The van der Waals surface area contributed by atoms with Gasteiger partial charge in [0.2, 0.25) is 0 Å². The molecule has 0 rings (SSSR count). The Labute approximate surface area is 56.9 Å². The van der Waals surface area contributed by atoms with Crippen molar-refractivity contribution in [2.24, 2.45) is 0 Å². The topological polar surface area (TPSA) is 0 Å². The Kier molecular flexibility index (Phi) is 24.1. The zero-order chi connectivity index (χ0) is 6.12. The first-order chi connectivity index (χ1) is 3.41. The minimum atomic E-state index is 1.34. The third-order valence-corrected chi connectivity index (χ3v) is 0.707. The van der Waals surface area contributed by atoms with Crippen LogP contribution in [0.25, 0.3) is 0 Å². The molecule has 0 aliphatic carbocycles. The van der Waals surface area contributed by atoms with E-state index in [4.69, 9.17) is 0 Å². The summed E-state index contributed by atoms with van der Waals surface area (Å²) < 4.78 is 0. The van der Waals surface area contributed by atoms with Crippen LogP contribution in [0.1, 0.15) is 26.7 Å². The van der Waals surface area contributed by atoms with Gasteiger partial charge in [-0.1, -0.05) is 13.8 Å². The Hall–Kier alpha value is 0.597. The van der Waals surface area contributed by atoms with Crippen LogP contribution < -0.4 is 0 Å². The molecule has 0 aromatic heterocycles. The van der Waals surface area contributed by atoms with Gasteiger partial charge >= 0.3 is 42.6 Å². The van der Waals surface area contributed by atoms with Crippen LogP contribution in [0.2, 0.25) is 5.09 Å². The van der Waals surface area contributed by atoms with Crippen molar-refractivity contribution in [1.82, 2.24) is 0 Å². The first-order valence-electron chi connectivity index (χ1n) is 3.12. The molecule has 1 heteroatoms. The van der Waals surface area contributed by atoms with Crippen LogP contribution in [-0.4, -0.2) is 17.7 Å². The zero-order valence-corrected chi connectivity index (χ0v) is 5.83. The second kappa shape index (κ2) is 16.0. The molecular weight excluding hydrogens is 79.0 g/mol. The molecule has 1 radical (unpaired) electrons.